The zero-order valence-electron chi connectivity index (χ0n) is 8.63. The van der Waals surface area contributed by atoms with Gasteiger partial charge in [0.2, 0.25) is 0 Å². The van der Waals surface area contributed by atoms with Gasteiger partial charge in [0.1, 0.15) is 0 Å². The molecule has 1 atom stereocenters. The minimum Gasteiger partial charge on any atom is -0.313 e. The summed E-state index contributed by atoms with van der Waals surface area (Å²) in [6.07, 6.45) is 2.75. The molecule has 0 aromatic carbocycles. The summed E-state index contributed by atoms with van der Waals surface area (Å²) in [6.45, 7) is 7.51. The van der Waals surface area contributed by atoms with Crippen LogP contribution in [-0.4, -0.2) is 62.2 Å². The van der Waals surface area contributed by atoms with Crippen molar-refractivity contribution in [2.75, 3.05) is 46.3 Å². The fourth-order valence-corrected chi connectivity index (χ4v) is 2.25. The summed E-state index contributed by atoms with van der Waals surface area (Å²) in [5, 5.41) is 3.56. The second-order valence-corrected chi connectivity index (χ2v) is 4.40. The number of likely N-dealkylation sites (N-methyl/N-ethyl adjacent to an activating group) is 1. The van der Waals surface area contributed by atoms with Crippen LogP contribution in [0.1, 0.15) is 12.8 Å². The summed E-state index contributed by atoms with van der Waals surface area (Å²) in [7, 11) is 2.21. The van der Waals surface area contributed by atoms with Gasteiger partial charge in [-0.2, -0.15) is 0 Å². The highest BCUT2D eigenvalue weighted by molar-refractivity contribution is 4.80. The van der Waals surface area contributed by atoms with Crippen molar-refractivity contribution in [1.82, 2.24) is 15.1 Å². The van der Waals surface area contributed by atoms with Crippen LogP contribution in [0.3, 0.4) is 0 Å². The third-order valence-corrected chi connectivity index (χ3v) is 3.24. The lowest BCUT2D eigenvalue weighted by Crippen LogP contribution is -2.48. The molecule has 0 aromatic heterocycles. The summed E-state index contributed by atoms with van der Waals surface area (Å²) >= 11 is 0. The standard InChI is InChI=1S/C10H21N3/c1-12-5-7-13(8-6-12)9-10-3-2-4-11-10/h10-11H,2-9H2,1H3. The molecule has 0 bridgehead atoms. The van der Waals surface area contributed by atoms with E-state index in [1.165, 1.54) is 52.1 Å². The maximum atomic E-state index is 3.56. The predicted molar refractivity (Wildman–Crippen MR) is 55.0 cm³/mol. The summed E-state index contributed by atoms with van der Waals surface area (Å²) in [6, 6.07) is 0.781. The van der Waals surface area contributed by atoms with Crippen LogP contribution in [0.4, 0.5) is 0 Å². The summed E-state index contributed by atoms with van der Waals surface area (Å²) in [5.74, 6) is 0. The van der Waals surface area contributed by atoms with Crippen molar-refractivity contribution < 1.29 is 0 Å². The number of rotatable bonds is 2. The van der Waals surface area contributed by atoms with Crippen molar-refractivity contribution in [2.45, 2.75) is 18.9 Å². The smallest absolute Gasteiger partial charge is 0.0195 e. The molecule has 2 heterocycles. The van der Waals surface area contributed by atoms with Crippen molar-refractivity contribution in [2.24, 2.45) is 0 Å². The Bertz CT molecular complexity index is 146. The van der Waals surface area contributed by atoms with E-state index in [0.29, 0.717) is 0 Å². The lowest BCUT2D eigenvalue weighted by atomic mass is 10.2. The van der Waals surface area contributed by atoms with E-state index in [9.17, 15) is 0 Å². The van der Waals surface area contributed by atoms with Crippen LogP contribution in [0.15, 0.2) is 0 Å². The molecular formula is C10H21N3. The van der Waals surface area contributed by atoms with Gasteiger partial charge in [-0.05, 0) is 26.4 Å². The fourth-order valence-electron chi connectivity index (χ4n) is 2.25. The quantitative estimate of drug-likeness (QED) is 0.649. The highest BCUT2D eigenvalue weighted by Crippen LogP contribution is 2.08. The van der Waals surface area contributed by atoms with Gasteiger partial charge in [0.25, 0.3) is 0 Å². The zero-order chi connectivity index (χ0) is 9.10. The van der Waals surface area contributed by atoms with E-state index in [1.54, 1.807) is 0 Å². The van der Waals surface area contributed by atoms with Gasteiger partial charge in [0, 0.05) is 38.8 Å². The normalized spacial score (nSPS) is 32.5. The predicted octanol–water partition coefficient (Wildman–Crippen LogP) is -0.0142. The Balaban J connectivity index is 1.69. The molecule has 2 saturated heterocycles. The molecule has 0 spiro atoms. The van der Waals surface area contributed by atoms with Gasteiger partial charge in [0.05, 0.1) is 0 Å². The average Bonchev–Trinajstić information content (AvgIpc) is 2.62. The maximum Gasteiger partial charge on any atom is 0.0195 e. The van der Waals surface area contributed by atoms with Gasteiger partial charge in [-0.25, -0.2) is 0 Å². The van der Waals surface area contributed by atoms with E-state index in [0.717, 1.165) is 6.04 Å². The number of hydrogen-bond acceptors (Lipinski definition) is 3. The van der Waals surface area contributed by atoms with Crippen LogP contribution in [0, 0.1) is 0 Å². The van der Waals surface area contributed by atoms with Gasteiger partial charge in [0.15, 0.2) is 0 Å². The van der Waals surface area contributed by atoms with Crippen molar-refractivity contribution in [1.29, 1.82) is 0 Å². The number of nitrogens with zero attached hydrogens (tertiary/aromatic N) is 2. The van der Waals surface area contributed by atoms with Crippen LogP contribution < -0.4 is 5.32 Å². The molecule has 3 nitrogen and oxygen atoms in total. The lowest BCUT2D eigenvalue weighted by Gasteiger charge is -2.33. The first-order chi connectivity index (χ1) is 6.34. The van der Waals surface area contributed by atoms with E-state index < -0.39 is 0 Å². The van der Waals surface area contributed by atoms with Crippen LogP contribution in [0.2, 0.25) is 0 Å². The first-order valence-corrected chi connectivity index (χ1v) is 5.49. The molecule has 3 heteroatoms. The van der Waals surface area contributed by atoms with E-state index in [4.69, 9.17) is 0 Å². The molecule has 76 valence electrons. The third-order valence-electron chi connectivity index (χ3n) is 3.24. The van der Waals surface area contributed by atoms with Crippen molar-refractivity contribution in [3.8, 4) is 0 Å². The third kappa shape index (κ3) is 2.66. The second-order valence-electron chi connectivity index (χ2n) is 4.40. The Labute approximate surface area is 81.1 Å². The van der Waals surface area contributed by atoms with E-state index in [1.807, 2.05) is 0 Å². The Morgan fingerprint density at radius 3 is 2.62 bits per heavy atom. The average molecular weight is 183 g/mol. The molecule has 2 fully saturated rings. The topological polar surface area (TPSA) is 18.5 Å². The highest BCUT2D eigenvalue weighted by atomic mass is 15.3. The molecule has 1 N–H and O–H groups in total. The largest absolute Gasteiger partial charge is 0.313 e. The Morgan fingerprint density at radius 2 is 2.00 bits per heavy atom. The lowest BCUT2D eigenvalue weighted by molar-refractivity contribution is 0.145. The molecule has 2 aliphatic heterocycles. The molecule has 2 aliphatic rings. The highest BCUT2D eigenvalue weighted by Gasteiger charge is 2.20. The summed E-state index contributed by atoms with van der Waals surface area (Å²) < 4.78 is 0. The van der Waals surface area contributed by atoms with Gasteiger partial charge in [-0.3, -0.25) is 4.90 Å². The summed E-state index contributed by atoms with van der Waals surface area (Å²) in [4.78, 5) is 5.02. The first-order valence-electron chi connectivity index (χ1n) is 5.49. The SMILES string of the molecule is CN1CCN(CC2CCCN2)CC1. The van der Waals surface area contributed by atoms with Crippen LogP contribution >= 0.6 is 0 Å². The van der Waals surface area contributed by atoms with Crippen LogP contribution in [-0.2, 0) is 0 Å². The van der Waals surface area contributed by atoms with Crippen LogP contribution in [0.5, 0.6) is 0 Å². The van der Waals surface area contributed by atoms with E-state index >= 15 is 0 Å². The van der Waals surface area contributed by atoms with Crippen LogP contribution in [0.25, 0.3) is 0 Å². The molecule has 0 amide bonds. The van der Waals surface area contributed by atoms with Gasteiger partial charge in [-0.15, -0.1) is 0 Å². The first kappa shape index (κ1) is 9.44. The van der Waals surface area contributed by atoms with Gasteiger partial charge >= 0.3 is 0 Å². The fraction of sp³-hybridized carbons (Fsp3) is 1.00. The Kier molecular flexibility index (Phi) is 3.19. The number of hydrogen-bond donors (Lipinski definition) is 1. The second kappa shape index (κ2) is 4.40. The van der Waals surface area contributed by atoms with Crippen molar-refractivity contribution >= 4 is 0 Å². The minimum absolute atomic E-state index is 0.781. The molecule has 13 heavy (non-hydrogen) atoms. The summed E-state index contributed by atoms with van der Waals surface area (Å²) in [5.41, 5.74) is 0. The number of nitrogens with one attached hydrogen (secondary N) is 1. The monoisotopic (exact) mass is 183 g/mol. The zero-order valence-corrected chi connectivity index (χ0v) is 8.63. The number of piperazine rings is 1. The van der Waals surface area contributed by atoms with Gasteiger partial charge in [-0.1, -0.05) is 0 Å². The molecule has 1 unspecified atom stereocenters. The molecule has 0 aliphatic carbocycles. The van der Waals surface area contributed by atoms with E-state index in [-0.39, 0.29) is 0 Å². The molecule has 2 rings (SSSR count). The van der Waals surface area contributed by atoms with E-state index in [2.05, 4.69) is 22.2 Å². The Morgan fingerprint density at radius 1 is 1.23 bits per heavy atom. The molecule has 0 radical (unpaired) electrons. The van der Waals surface area contributed by atoms with Crippen molar-refractivity contribution in [3.05, 3.63) is 0 Å². The maximum absolute atomic E-state index is 3.56. The Hall–Kier alpha value is -0.120. The molecular weight excluding hydrogens is 162 g/mol. The molecule has 0 saturated carbocycles. The minimum atomic E-state index is 0.781. The molecule has 0 aromatic rings. The van der Waals surface area contributed by atoms with Crippen molar-refractivity contribution in [3.63, 3.8) is 0 Å². The van der Waals surface area contributed by atoms with Gasteiger partial charge < -0.3 is 10.2 Å².